The second-order valence-corrected chi connectivity index (χ2v) is 5.42. The van der Waals surface area contributed by atoms with E-state index in [2.05, 4.69) is 26.7 Å². The number of rotatable bonds is 8. The number of aliphatic carboxylic acids is 2. The van der Waals surface area contributed by atoms with E-state index in [4.69, 9.17) is 10.2 Å². The second kappa shape index (κ2) is 16.2. The van der Waals surface area contributed by atoms with Gasteiger partial charge >= 0.3 is 11.9 Å². The number of carbonyl (C=O) groups is 2. The lowest BCUT2D eigenvalue weighted by atomic mass is 10.1. The van der Waals surface area contributed by atoms with E-state index in [1.807, 2.05) is 36.4 Å². The highest BCUT2D eigenvalue weighted by Gasteiger charge is 2.01. The highest BCUT2D eigenvalue weighted by Crippen LogP contribution is 2.08. The Kier molecular flexibility index (Phi) is 16.0. The summed E-state index contributed by atoms with van der Waals surface area (Å²) in [6.07, 6.45) is 6.91. The monoisotopic (exact) mass is 346 g/mol. The first-order valence-electron chi connectivity index (χ1n) is 8.23. The van der Waals surface area contributed by atoms with Crippen molar-refractivity contribution in [1.82, 2.24) is 0 Å². The first-order chi connectivity index (χ1) is 11.8. The Balaban J connectivity index is 0. The number of unbranched alkanes of at least 4 members (excludes halogenated alkanes) is 3. The Hall–Kier alpha value is -2.62. The van der Waals surface area contributed by atoms with E-state index in [9.17, 15) is 9.59 Å². The molecule has 0 aliphatic carbocycles. The summed E-state index contributed by atoms with van der Waals surface area (Å²) in [5, 5.41) is 16.3. The Bertz CT molecular complexity index is 532. The molecule has 0 atom stereocenters. The number of carboxylic acid groups (broad SMARTS) is 2. The summed E-state index contributed by atoms with van der Waals surface area (Å²) in [5.74, 6) is -1.79. The van der Waals surface area contributed by atoms with Gasteiger partial charge in [0.1, 0.15) is 0 Å². The topological polar surface area (TPSA) is 74.6 Å². The van der Waals surface area contributed by atoms with Gasteiger partial charge in [-0.25, -0.2) is 9.59 Å². The number of benzene rings is 1. The van der Waals surface area contributed by atoms with Crippen molar-refractivity contribution in [2.24, 2.45) is 0 Å². The second-order valence-electron chi connectivity index (χ2n) is 5.42. The molecule has 0 unspecified atom stereocenters. The van der Waals surface area contributed by atoms with E-state index in [1.165, 1.54) is 25.3 Å². The lowest BCUT2D eigenvalue weighted by Gasteiger charge is -1.98. The van der Waals surface area contributed by atoms with Crippen LogP contribution < -0.4 is 0 Å². The molecule has 1 aromatic rings. The molecule has 0 aliphatic heterocycles. The van der Waals surface area contributed by atoms with Gasteiger partial charge in [-0.15, -0.1) is 0 Å². The fourth-order valence-corrected chi connectivity index (χ4v) is 1.46. The molecule has 0 fully saturated rings. The first-order valence-corrected chi connectivity index (χ1v) is 8.23. The minimum absolute atomic E-state index is 0.176. The SMILES string of the molecule is C=C(C)C(=O)O.C=C(CCCCCC)C(=O)O.C=Cc1ccccc1. The van der Waals surface area contributed by atoms with Crippen molar-refractivity contribution < 1.29 is 19.8 Å². The van der Waals surface area contributed by atoms with E-state index in [0.29, 0.717) is 12.0 Å². The minimum Gasteiger partial charge on any atom is -0.478 e. The molecule has 0 spiro atoms. The van der Waals surface area contributed by atoms with Gasteiger partial charge in [-0.3, -0.25) is 0 Å². The third-order valence-electron chi connectivity index (χ3n) is 3.03. The highest BCUT2D eigenvalue weighted by atomic mass is 16.4. The molecule has 0 saturated carbocycles. The van der Waals surface area contributed by atoms with Gasteiger partial charge < -0.3 is 10.2 Å². The molecule has 0 aromatic heterocycles. The van der Waals surface area contributed by atoms with Crippen LogP contribution in [0.15, 0.2) is 61.2 Å². The first kappa shape index (κ1) is 24.6. The lowest BCUT2D eigenvalue weighted by molar-refractivity contribution is -0.133. The molecule has 4 heteroatoms. The van der Waals surface area contributed by atoms with E-state index in [0.717, 1.165) is 12.8 Å². The van der Waals surface area contributed by atoms with Crippen LogP contribution in [0, 0.1) is 0 Å². The maximum absolute atomic E-state index is 10.3. The van der Waals surface area contributed by atoms with Crippen molar-refractivity contribution in [2.45, 2.75) is 46.0 Å². The van der Waals surface area contributed by atoms with Crippen LogP contribution in [-0.4, -0.2) is 22.2 Å². The molecule has 0 aliphatic rings. The molecule has 1 aromatic carbocycles. The molecule has 0 saturated heterocycles. The largest absolute Gasteiger partial charge is 0.478 e. The molecular weight excluding hydrogens is 316 g/mol. The van der Waals surface area contributed by atoms with E-state index in [-0.39, 0.29) is 5.57 Å². The number of carboxylic acids is 2. The predicted octanol–water partition coefficient (Wildman–Crippen LogP) is 5.57. The van der Waals surface area contributed by atoms with Crippen LogP contribution in [0.1, 0.15) is 51.5 Å². The zero-order valence-electron chi connectivity index (χ0n) is 15.3. The van der Waals surface area contributed by atoms with Crippen molar-refractivity contribution in [3.8, 4) is 0 Å². The van der Waals surface area contributed by atoms with Gasteiger partial charge in [0.25, 0.3) is 0 Å². The number of hydrogen-bond donors (Lipinski definition) is 2. The van der Waals surface area contributed by atoms with Crippen LogP contribution in [0.3, 0.4) is 0 Å². The molecule has 138 valence electrons. The van der Waals surface area contributed by atoms with Crippen molar-refractivity contribution in [3.63, 3.8) is 0 Å². The predicted molar refractivity (Wildman–Crippen MR) is 105 cm³/mol. The van der Waals surface area contributed by atoms with Crippen molar-refractivity contribution in [1.29, 1.82) is 0 Å². The molecule has 0 radical (unpaired) electrons. The van der Waals surface area contributed by atoms with Gasteiger partial charge in [0.05, 0.1) is 0 Å². The van der Waals surface area contributed by atoms with E-state index in [1.54, 1.807) is 0 Å². The fourth-order valence-electron chi connectivity index (χ4n) is 1.46. The third-order valence-corrected chi connectivity index (χ3v) is 3.03. The van der Waals surface area contributed by atoms with Crippen molar-refractivity contribution >= 4 is 18.0 Å². The maximum Gasteiger partial charge on any atom is 0.330 e. The van der Waals surface area contributed by atoms with E-state index >= 15 is 0 Å². The smallest absolute Gasteiger partial charge is 0.330 e. The fraction of sp³-hybridized carbons (Fsp3) is 0.333. The van der Waals surface area contributed by atoms with Crippen LogP contribution in [-0.2, 0) is 9.59 Å². The zero-order valence-corrected chi connectivity index (χ0v) is 15.3. The normalized spacial score (nSPS) is 8.72. The molecular formula is C21H30O4. The Labute approximate surface area is 151 Å². The zero-order chi connectivity index (χ0) is 19.7. The molecule has 4 nitrogen and oxygen atoms in total. The standard InChI is InChI=1S/C9H16O2.C8H8.C4H6O2/c1-3-4-5-6-7-8(2)9(10)11;1-2-8-6-4-3-5-7-8;1-3(2)4(5)6/h2-7H2,1H3,(H,10,11);2-7H,1H2;1H2,2H3,(H,5,6). The quantitative estimate of drug-likeness (QED) is 0.476. The molecule has 0 heterocycles. The van der Waals surface area contributed by atoms with Crippen LogP contribution in [0.2, 0.25) is 0 Å². The molecule has 1 rings (SSSR count). The summed E-state index contributed by atoms with van der Waals surface area (Å²) >= 11 is 0. The van der Waals surface area contributed by atoms with Crippen LogP contribution in [0.25, 0.3) is 6.08 Å². The summed E-state index contributed by atoms with van der Waals surface area (Å²) in [6, 6.07) is 10.0. The summed E-state index contributed by atoms with van der Waals surface area (Å²) < 4.78 is 0. The summed E-state index contributed by atoms with van der Waals surface area (Å²) in [5.41, 5.74) is 1.68. The van der Waals surface area contributed by atoms with Crippen molar-refractivity contribution in [3.05, 3.63) is 66.8 Å². The number of hydrogen-bond acceptors (Lipinski definition) is 2. The van der Waals surface area contributed by atoms with Crippen molar-refractivity contribution in [2.75, 3.05) is 0 Å². The van der Waals surface area contributed by atoms with Gasteiger partial charge in [0.15, 0.2) is 0 Å². The lowest BCUT2D eigenvalue weighted by Crippen LogP contribution is -1.98. The van der Waals surface area contributed by atoms with Gasteiger partial charge in [-0.2, -0.15) is 0 Å². The average molecular weight is 346 g/mol. The van der Waals surface area contributed by atoms with Crippen LogP contribution in [0.5, 0.6) is 0 Å². The molecule has 25 heavy (non-hydrogen) atoms. The van der Waals surface area contributed by atoms with Gasteiger partial charge in [0, 0.05) is 11.1 Å². The Morgan fingerprint density at radius 2 is 1.52 bits per heavy atom. The summed E-state index contributed by atoms with van der Waals surface area (Å²) in [7, 11) is 0. The molecule has 2 N–H and O–H groups in total. The third kappa shape index (κ3) is 17.6. The Morgan fingerprint density at radius 1 is 1.00 bits per heavy atom. The Morgan fingerprint density at radius 3 is 1.84 bits per heavy atom. The average Bonchev–Trinajstić information content (AvgIpc) is 2.60. The maximum atomic E-state index is 10.3. The summed E-state index contributed by atoms with van der Waals surface area (Å²) in [4.78, 5) is 19.9. The van der Waals surface area contributed by atoms with Gasteiger partial charge in [-0.05, 0) is 25.3 Å². The summed E-state index contributed by atoms with van der Waals surface area (Å²) in [6.45, 7) is 13.8. The van der Waals surface area contributed by atoms with Crippen LogP contribution >= 0.6 is 0 Å². The van der Waals surface area contributed by atoms with Gasteiger partial charge in [-0.1, -0.05) is 82.3 Å². The minimum atomic E-state index is -0.935. The van der Waals surface area contributed by atoms with Crippen LogP contribution in [0.4, 0.5) is 0 Å². The van der Waals surface area contributed by atoms with E-state index < -0.39 is 11.9 Å². The molecule has 0 amide bonds. The van der Waals surface area contributed by atoms with Gasteiger partial charge in [0.2, 0.25) is 0 Å². The molecule has 0 bridgehead atoms. The highest BCUT2D eigenvalue weighted by molar-refractivity contribution is 5.85.